The second-order valence-electron chi connectivity index (χ2n) is 6.12. The van der Waals surface area contributed by atoms with Gasteiger partial charge in [0.1, 0.15) is 18.5 Å². The average molecular weight is 340 g/mol. The van der Waals surface area contributed by atoms with Crippen molar-refractivity contribution in [1.29, 1.82) is 0 Å². The van der Waals surface area contributed by atoms with Crippen LogP contribution in [0.3, 0.4) is 0 Å². The van der Waals surface area contributed by atoms with E-state index in [0.717, 1.165) is 11.0 Å². The maximum absolute atomic E-state index is 10.8. The van der Waals surface area contributed by atoms with Crippen LogP contribution in [0.2, 0.25) is 0 Å². The number of nitrogens with zero attached hydrogens (tertiary/aromatic N) is 2. The summed E-state index contributed by atoms with van der Waals surface area (Å²) in [6, 6.07) is 10.2. The van der Waals surface area contributed by atoms with Crippen LogP contribution in [0.4, 0.5) is 0 Å². The lowest BCUT2D eigenvalue weighted by Crippen LogP contribution is -2.23. The van der Waals surface area contributed by atoms with Gasteiger partial charge in [0.15, 0.2) is 0 Å². The minimum atomic E-state index is -0.982. The van der Waals surface area contributed by atoms with Crippen LogP contribution in [0.5, 0.6) is 5.75 Å². The first kappa shape index (κ1) is 17.0. The van der Waals surface area contributed by atoms with Gasteiger partial charge in [-0.3, -0.25) is 0 Å². The molecule has 0 fully saturated rings. The number of fused-ring (bicyclic) bond motifs is 1. The third-order valence-corrected chi connectivity index (χ3v) is 4.19. The Morgan fingerprint density at radius 2 is 1.88 bits per heavy atom. The second kappa shape index (κ2) is 6.94. The molecular formula is C19H20N2O4. The van der Waals surface area contributed by atoms with Gasteiger partial charge in [0.05, 0.1) is 29.5 Å². The van der Waals surface area contributed by atoms with Crippen LogP contribution in [0.1, 0.15) is 21.5 Å². The van der Waals surface area contributed by atoms with Gasteiger partial charge in [0.25, 0.3) is 0 Å². The van der Waals surface area contributed by atoms with Crippen LogP contribution in [0.25, 0.3) is 11.0 Å². The fourth-order valence-corrected chi connectivity index (χ4v) is 2.62. The van der Waals surface area contributed by atoms with Crippen LogP contribution in [-0.2, 0) is 6.54 Å². The summed E-state index contributed by atoms with van der Waals surface area (Å²) in [6.45, 7) is 4.57. The number of aromatic carboxylic acids is 1. The van der Waals surface area contributed by atoms with Gasteiger partial charge in [-0.25, -0.2) is 9.78 Å². The molecule has 25 heavy (non-hydrogen) atoms. The zero-order valence-corrected chi connectivity index (χ0v) is 14.1. The summed E-state index contributed by atoms with van der Waals surface area (Å²) >= 11 is 0. The van der Waals surface area contributed by atoms with Crippen molar-refractivity contribution in [2.24, 2.45) is 0 Å². The maximum Gasteiger partial charge on any atom is 0.335 e. The molecule has 0 aliphatic rings. The largest absolute Gasteiger partial charge is 0.491 e. The molecule has 0 aliphatic carbocycles. The van der Waals surface area contributed by atoms with E-state index in [1.165, 1.54) is 23.3 Å². The summed E-state index contributed by atoms with van der Waals surface area (Å²) in [7, 11) is 0. The lowest BCUT2D eigenvalue weighted by atomic mass is 10.1. The van der Waals surface area contributed by atoms with E-state index in [1.807, 2.05) is 24.5 Å². The Hall–Kier alpha value is -2.86. The lowest BCUT2D eigenvalue weighted by Gasteiger charge is -2.14. The Balaban J connectivity index is 1.63. The smallest absolute Gasteiger partial charge is 0.335 e. The lowest BCUT2D eigenvalue weighted by molar-refractivity contribution is 0.0696. The summed E-state index contributed by atoms with van der Waals surface area (Å²) in [5.41, 5.74) is 4.45. The van der Waals surface area contributed by atoms with E-state index in [0.29, 0.717) is 12.3 Å². The Morgan fingerprint density at radius 1 is 1.20 bits per heavy atom. The number of aliphatic hydroxyl groups excluding tert-OH is 1. The van der Waals surface area contributed by atoms with E-state index in [4.69, 9.17) is 9.84 Å². The number of imidazole rings is 1. The van der Waals surface area contributed by atoms with Crippen molar-refractivity contribution in [1.82, 2.24) is 9.55 Å². The molecule has 1 heterocycles. The van der Waals surface area contributed by atoms with E-state index in [1.54, 1.807) is 18.5 Å². The number of aromatic nitrogens is 2. The van der Waals surface area contributed by atoms with Crippen molar-refractivity contribution in [3.05, 3.63) is 59.4 Å². The molecule has 2 aromatic carbocycles. The normalized spacial score (nSPS) is 12.3. The first-order valence-electron chi connectivity index (χ1n) is 8.00. The SMILES string of the molecule is Cc1cc2ncn(C[C@H](O)COc3ccc(C(=O)O)cc3)c2cc1C. The van der Waals surface area contributed by atoms with E-state index < -0.39 is 12.1 Å². The van der Waals surface area contributed by atoms with Crippen LogP contribution < -0.4 is 4.74 Å². The highest BCUT2D eigenvalue weighted by molar-refractivity contribution is 5.87. The van der Waals surface area contributed by atoms with Crippen molar-refractivity contribution in [3.63, 3.8) is 0 Å². The van der Waals surface area contributed by atoms with Crippen LogP contribution in [0.15, 0.2) is 42.7 Å². The molecule has 1 atom stereocenters. The number of ether oxygens (including phenoxy) is 1. The number of hydrogen-bond acceptors (Lipinski definition) is 4. The summed E-state index contributed by atoms with van der Waals surface area (Å²) in [6.07, 6.45) is 1.01. The van der Waals surface area contributed by atoms with Crippen molar-refractivity contribution < 1.29 is 19.7 Å². The van der Waals surface area contributed by atoms with Crippen LogP contribution in [0, 0.1) is 13.8 Å². The number of hydrogen-bond donors (Lipinski definition) is 2. The number of aliphatic hydroxyl groups is 1. The molecule has 0 unspecified atom stereocenters. The summed E-state index contributed by atoms with van der Waals surface area (Å²) in [4.78, 5) is 15.2. The topological polar surface area (TPSA) is 84.6 Å². The predicted octanol–water partition coefficient (Wildman–Crippen LogP) is 2.79. The number of carboxylic acids is 1. The highest BCUT2D eigenvalue weighted by Crippen LogP contribution is 2.19. The molecule has 1 aromatic heterocycles. The van der Waals surface area contributed by atoms with Gasteiger partial charge in [0.2, 0.25) is 0 Å². The quantitative estimate of drug-likeness (QED) is 0.721. The number of carbonyl (C=O) groups is 1. The fourth-order valence-electron chi connectivity index (χ4n) is 2.62. The zero-order valence-electron chi connectivity index (χ0n) is 14.1. The van der Waals surface area contributed by atoms with Crippen molar-refractivity contribution in [3.8, 4) is 5.75 Å². The molecule has 0 spiro atoms. The monoisotopic (exact) mass is 340 g/mol. The molecular weight excluding hydrogens is 320 g/mol. The molecule has 2 N–H and O–H groups in total. The third-order valence-electron chi connectivity index (χ3n) is 4.19. The maximum atomic E-state index is 10.8. The molecule has 3 rings (SSSR count). The van der Waals surface area contributed by atoms with Crippen LogP contribution >= 0.6 is 0 Å². The Kier molecular flexibility index (Phi) is 4.72. The molecule has 0 bridgehead atoms. The zero-order chi connectivity index (χ0) is 18.0. The molecule has 3 aromatic rings. The minimum Gasteiger partial charge on any atom is -0.491 e. The molecule has 130 valence electrons. The molecule has 0 saturated heterocycles. The van der Waals surface area contributed by atoms with Crippen molar-refractivity contribution >= 4 is 17.0 Å². The molecule has 6 heteroatoms. The van der Waals surface area contributed by atoms with E-state index in [9.17, 15) is 9.90 Å². The molecule has 0 aliphatic heterocycles. The number of rotatable bonds is 6. The average Bonchev–Trinajstić information content (AvgIpc) is 2.95. The first-order chi connectivity index (χ1) is 11.9. The molecule has 0 saturated carbocycles. The highest BCUT2D eigenvalue weighted by atomic mass is 16.5. The van der Waals surface area contributed by atoms with Gasteiger partial charge < -0.3 is 19.5 Å². The van der Waals surface area contributed by atoms with Gasteiger partial charge in [-0.15, -0.1) is 0 Å². The summed E-state index contributed by atoms with van der Waals surface area (Å²) in [5.74, 6) is -0.463. The summed E-state index contributed by atoms with van der Waals surface area (Å²) in [5, 5.41) is 19.1. The Labute approximate surface area is 145 Å². The number of carboxylic acid groups (broad SMARTS) is 1. The van der Waals surface area contributed by atoms with Crippen molar-refractivity contribution in [2.75, 3.05) is 6.61 Å². The Bertz CT molecular complexity index is 900. The summed E-state index contributed by atoms with van der Waals surface area (Å²) < 4.78 is 7.44. The van der Waals surface area contributed by atoms with Crippen molar-refractivity contribution in [2.45, 2.75) is 26.5 Å². The van der Waals surface area contributed by atoms with Gasteiger partial charge in [-0.1, -0.05) is 0 Å². The number of aryl methyl sites for hydroxylation is 2. The minimum absolute atomic E-state index is 0.108. The predicted molar refractivity (Wildman–Crippen MR) is 94.1 cm³/mol. The van der Waals surface area contributed by atoms with E-state index in [2.05, 4.69) is 11.1 Å². The molecule has 0 radical (unpaired) electrons. The number of benzene rings is 2. The van der Waals surface area contributed by atoms with E-state index >= 15 is 0 Å². The van der Waals surface area contributed by atoms with Gasteiger partial charge >= 0.3 is 5.97 Å². The third kappa shape index (κ3) is 3.80. The molecule has 0 amide bonds. The van der Waals surface area contributed by atoms with Gasteiger partial charge in [0, 0.05) is 0 Å². The van der Waals surface area contributed by atoms with E-state index in [-0.39, 0.29) is 12.2 Å². The fraction of sp³-hybridized carbons (Fsp3) is 0.263. The Morgan fingerprint density at radius 3 is 2.56 bits per heavy atom. The standard InChI is InChI=1S/C19H20N2O4/c1-12-7-17-18(8-13(12)2)21(11-20-17)9-15(22)10-25-16-5-3-14(4-6-16)19(23)24/h3-8,11,15,22H,9-10H2,1-2H3,(H,23,24)/t15-/m0/s1. The van der Waals surface area contributed by atoms with Crippen LogP contribution in [-0.4, -0.2) is 38.4 Å². The first-order valence-corrected chi connectivity index (χ1v) is 8.00. The molecule has 6 nitrogen and oxygen atoms in total. The second-order valence-corrected chi connectivity index (χ2v) is 6.12. The van der Waals surface area contributed by atoms with Gasteiger partial charge in [-0.2, -0.15) is 0 Å². The van der Waals surface area contributed by atoms with Gasteiger partial charge in [-0.05, 0) is 61.4 Å². The highest BCUT2D eigenvalue weighted by Gasteiger charge is 2.11.